The monoisotopic (exact) mass is 342 g/mol. The van der Waals surface area contributed by atoms with Crippen molar-refractivity contribution in [3.63, 3.8) is 0 Å². The summed E-state index contributed by atoms with van der Waals surface area (Å²) >= 11 is 1.19. The van der Waals surface area contributed by atoms with Crippen LogP contribution >= 0.6 is 11.8 Å². The molecule has 0 aliphatic heterocycles. The van der Waals surface area contributed by atoms with Crippen molar-refractivity contribution in [1.29, 1.82) is 5.26 Å². The Labute approximate surface area is 144 Å². The molecule has 24 heavy (non-hydrogen) atoms. The Bertz CT molecular complexity index is 826. The van der Waals surface area contributed by atoms with Crippen LogP contribution in [0.4, 0.5) is 5.69 Å². The summed E-state index contributed by atoms with van der Waals surface area (Å²) in [5, 5.41) is 11.6. The van der Waals surface area contributed by atoms with Crippen molar-refractivity contribution in [3.8, 4) is 6.07 Å². The van der Waals surface area contributed by atoms with Crippen molar-refractivity contribution < 1.29 is 4.79 Å². The second-order valence-corrected chi connectivity index (χ2v) is 6.56. The van der Waals surface area contributed by atoms with Gasteiger partial charge in [0.15, 0.2) is 5.16 Å². The number of carbonyl (C=O) groups is 1. The van der Waals surface area contributed by atoms with Crippen LogP contribution in [0, 0.1) is 11.3 Å². The summed E-state index contributed by atoms with van der Waals surface area (Å²) in [6.45, 7) is 3.75. The van der Waals surface area contributed by atoms with Crippen LogP contribution in [0.25, 0.3) is 0 Å². The molecule has 0 bridgehead atoms. The summed E-state index contributed by atoms with van der Waals surface area (Å²) in [7, 11) is 0. The third-order valence-electron chi connectivity index (χ3n) is 3.20. The molecule has 0 fully saturated rings. The number of carbonyl (C=O) groups excluding carboxylic acids is 1. The summed E-state index contributed by atoms with van der Waals surface area (Å²) in [5.41, 5.74) is 1.54. The Morgan fingerprint density at radius 3 is 2.96 bits per heavy atom. The van der Waals surface area contributed by atoms with E-state index < -0.39 is 5.25 Å². The normalized spacial score (nSPS) is 11.5. The Hall–Kier alpha value is -2.59. The minimum atomic E-state index is -0.448. The number of hydrogen-bond acceptors (Lipinski definition) is 5. The van der Waals surface area contributed by atoms with Gasteiger partial charge in [-0.2, -0.15) is 5.26 Å². The van der Waals surface area contributed by atoms with Crippen molar-refractivity contribution in [3.05, 3.63) is 51.9 Å². The molecule has 0 spiro atoms. The molecule has 1 heterocycles. The molecule has 6 nitrogen and oxygen atoms in total. The number of nitriles is 1. The van der Waals surface area contributed by atoms with Crippen molar-refractivity contribution in [1.82, 2.24) is 9.97 Å². The standard InChI is InChI=1S/C17H18N4O2S/c1-3-5-13-9-15(22)21-17(20-13)24-11(2)16(23)19-14-7-4-6-12(8-14)10-18/h4,6-9,11H,3,5H2,1-2H3,(H,19,23)(H,20,21,22)/t11-/m1/s1. The fraction of sp³-hybridized carbons (Fsp3) is 0.294. The molecule has 0 saturated heterocycles. The van der Waals surface area contributed by atoms with Gasteiger partial charge in [-0.3, -0.25) is 9.59 Å². The zero-order chi connectivity index (χ0) is 17.5. The number of aromatic amines is 1. The Morgan fingerprint density at radius 2 is 2.25 bits per heavy atom. The highest BCUT2D eigenvalue weighted by atomic mass is 32.2. The molecule has 0 aliphatic carbocycles. The SMILES string of the molecule is CCCc1cc(=O)[nH]c(S[C@H](C)C(=O)Nc2cccc(C#N)c2)n1. The fourth-order valence-electron chi connectivity index (χ4n) is 2.05. The van der Waals surface area contributed by atoms with E-state index in [1.165, 1.54) is 17.8 Å². The smallest absolute Gasteiger partial charge is 0.251 e. The van der Waals surface area contributed by atoms with Gasteiger partial charge in [0.2, 0.25) is 5.91 Å². The van der Waals surface area contributed by atoms with Gasteiger partial charge < -0.3 is 10.3 Å². The summed E-state index contributed by atoms with van der Waals surface area (Å²) in [4.78, 5) is 30.9. The number of rotatable bonds is 6. The van der Waals surface area contributed by atoms with E-state index in [4.69, 9.17) is 5.26 Å². The van der Waals surface area contributed by atoms with E-state index >= 15 is 0 Å². The molecule has 7 heteroatoms. The van der Waals surface area contributed by atoms with Crippen LogP contribution in [0.1, 0.15) is 31.5 Å². The van der Waals surface area contributed by atoms with Crippen LogP contribution < -0.4 is 10.9 Å². The lowest BCUT2D eigenvalue weighted by molar-refractivity contribution is -0.115. The lowest BCUT2D eigenvalue weighted by Crippen LogP contribution is -2.23. The number of thioether (sulfide) groups is 1. The van der Waals surface area contributed by atoms with Crippen molar-refractivity contribution in [2.75, 3.05) is 5.32 Å². The van der Waals surface area contributed by atoms with Gasteiger partial charge in [-0.25, -0.2) is 4.98 Å². The number of amides is 1. The van der Waals surface area contributed by atoms with Crippen LogP contribution in [-0.4, -0.2) is 21.1 Å². The first-order valence-corrected chi connectivity index (χ1v) is 8.47. The number of nitrogens with one attached hydrogen (secondary N) is 2. The number of aromatic nitrogens is 2. The first-order chi connectivity index (χ1) is 11.5. The predicted octanol–water partition coefficient (Wildman–Crippen LogP) is 2.71. The van der Waals surface area contributed by atoms with E-state index in [-0.39, 0.29) is 11.5 Å². The van der Waals surface area contributed by atoms with Crippen LogP contribution in [0.2, 0.25) is 0 Å². The van der Waals surface area contributed by atoms with Crippen LogP contribution in [-0.2, 0) is 11.2 Å². The van der Waals surface area contributed by atoms with Gasteiger partial charge in [0.1, 0.15) is 0 Å². The zero-order valence-corrected chi connectivity index (χ0v) is 14.3. The Kier molecular flexibility index (Phi) is 6.15. The largest absolute Gasteiger partial charge is 0.325 e. The topological polar surface area (TPSA) is 98.6 Å². The molecule has 2 N–H and O–H groups in total. The Morgan fingerprint density at radius 1 is 1.46 bits per heavy atom. The van der Waals surface area contributed by atoms with E-state index in [0.717, 1.165) is 18.5 Å². The van der Waals surface area contributed by atoms with Gasteiger partial charge in [-0.15, -0.1) is 0 Å². The van der Waals surface area contributed by atoms with Gasteiger partial charge >= 0.3 is 0 Å². The van der Waals surface area contributed by atoms with Gasteiger partial charge in [-0.1, -0.05) is 31.2 Å². The second kappa shape index (κ2) is 8.31. The quantitative estimate of drug-likeness (QED) is 0.621. The fourth-order valence-corrected chi connectivity index (χ4v) is 2.89. The van der Waals surface area contributed by atoms with E-state index in [1.807, 2.05) is 13.0 Å². The summed E-state index contributed by atoms with van der Waals surface area (Å²) in [6, 6.07) is 10.2. The molecule has 0 unspecified atom stereocenters. The molecular weight excluding hydrogens is 324 g/mol. The highest BCUT2D eigenvalue weighted by Gasteiger charge is 2.16. The Balaban J connectivity index is 2.06. The summed E-state index contributed by atoms with van der Waals surface area (Å²) in [6.07, 6.45) is 1.62. The molecule has 0 radical (unpaired) electrons. The van der Waals surface area contributed by atoms with Crippen molar-refractivity contribution >= 4 is 23.4 Å². The third kappa shape index (κ3) is 4.96. The lowest BCUT2D eigenvalue weighted by atomic mass is 10.2. The molecule has 0 aliphatic rings. The molecule has 0 saturated carbocycles. The van der Waals surface area contributed by atoms with E-state index in [1.54, 1.807) is 31.2 Å². The van der Waals surface area contributed by atoms with Crippen LogP contribution in [0.3, 0.4) is 0 Å². The molecule has 1 aromatic heterocycles. The minimum Gasteiger partial charge on any atom is -0.325 e. The maximum absolute atomic E-state index is 12.3. The first kappa shape index (κ1) is 17.8. The van der Waals surface area contributed by atoms with Gasteiger partial charge in [0.25, 0.3) is 5.56 Å². The first-order valence-electron chi connectivity index (χ1n) is 7.59. The van der Waals surface area contributed by atoms with Crippen LogP contribution in [0.15, 0.2) is 40.3 Å². The molecule has 2 rings (SSSR count). The highest BCUT2D eigenvalue weighted by Crippen LogP contribution is 2.20. The van der Waals surface area contributed by atoms with E-state index in [0.29, 0.717) is 16.4 Å². The zero-order valence-electron chi connectivity index (χ0n) is 13.5. The molecule has 1 aromatic carbocycles. The molecule has 1 amide bonds. The predicted molar refractivity (Wildman–Crippen MR) is 94.0 cm³/mol. The minimum absolute atomic E-state index is 0.217. The van der Waals surface area contributed by atoms with Crippen molar-refractivity contribution in [2.45, 2.75) is 37.1 Å². The number of benzene rings is 1. The molecular formula is C17H18N4O2S. The maximum Gasteiger partial charge on any atom is 0.251 e. The van der Waals surface area contributed by atoms with Crippen molar-refractivity contribution in [2.24, 2.45) is 0 Å². The van der Waals surface area contributed by atoms with Crippen LogP contribution in [0.5, 0.6) is 0 Å². The average molecular weight is 342 g/mol. The molecule has 1 atom stereocenters. The lowest BCUT2D eigenvalue weighted by Gasteiger charge is -2.12. The highest BCUT2D eigenvalue weighted by molar-refractivity contribution is 8.00. The average Bonchev–Trinajstić information content (AvgIpc) is 2.54. The molecule has 2 aromatic rings. The van der Waals surface area contributed by atoms with E-state index in [9.17, 15) is 9.59 Å². The number of nitrogens with zero attached hydrogens (tertiary/aromatic N) is 2. The second-order valence-electron chi connectivity index (χ2n) is 5.23. The number of anilines is 1. The third-order valence-corrected chi connectivity index (χ3v) is 4.18. The molecule has 124 valence electrons. The van der Waals surface area contributed by atoms with E-state index in [2.05, 4.69) is 15.3 Å². The summed E-state index contributed by atoms with van der Waals surface area (Å²) in [5.74, 6) is -0.223. The van der Waals surface area contributed by atoms with Gasteiger partial charge in [0, 0.05) is 17.4 Å². The number of aryl methyl sites for hydroxylation is 1. The number of H-pyrrole nitrogens is 1. The maximum atomic E-state index is 12.3. The van der Waals surface area contributed by atoms with Gasteiger partial charge in [-0.05, 0) is 31.5 Å². The summed E-state index contributed by atoms with van der Waals surface area (Å²) < 4.78 is 0. The number of hydrogen-bond donors (Lipinski definition) is 2. The van der Waals surface area contributed by atoms with Gasteiger partial charge in [0.05, 0.1) is 16.9 Å².